The van der Waals surface area contributed by atoms with Crippen LogP contribution >= 0.6 is 0 Å². The first kappa shape index (κ1) is 10.4. The van der Waals surface area contributed by atoms with Gasteiger partial charge in [0.15, 0.2) is 0 Å². The molecule has 3 N–H and O–H groups in total. The monoisotopic (exact) mass is 196 g/mol. The van der Waals surface area contributed by atoms with Crippen LogP contribution in [0, 0.1) is 0 Å². The van der Waals surface area contributed by atoms with Crippen molar-refractivity contribution in [3.8, 4) is 11.5 Å². The van der Waals surface area contributed by atoms with Crippen molar-refractivity contribution in [3.63, 3.8) is 0 Å². The van der Waals surface area contributed by atoms with Gasteiger partial charge < -0.3 is 15.3 Å². The molecule has 0 aliphatic carbocycles. The molecule has 1 aromatic carbocycles. The lowest BCUT2D eigenvalue weighted by Gasteiger charge is -2.06. The van der Waals surface area contributed by atoms with E-state index in [1.54, 1.807) is 0 Å². The van der Waals surface area contributed by atoms with Crippen molar-refractivity contribution in [2.75, 3.05) is 0 Å². The predicted molar refractivity (Wildman–Crippen MR) is 50.7 cm³/mol. The van der Waals surface area contributed by atoms with E-state index in [2.05, 4.69) is 0 Å². The average molecular weight is 196 g/mol. The van der Waals surface area contributed by atoms with Gasteiger partial charge >= 0.3 is 5.97 Å². The molecule has 4 heteroatoms. The molecular weight excluding hydrogens is 184 g/mol. The van der Waals surface area contributed by atoms with Crippen LogP contribution in [-0.4, -0.2) is 21.3 Å². The number of phenolic OH excluding ortho intramolecular Hbond substituents is 1. The van der Waals surface area contributed by atoms with Crippen molar-refractivity contribution in [1.82, 2.24) is 0 Å². The van der Waals surface area contributed by atoms with E-state index in [9.17, 15) is 15.0 Å². The second kappa shape index (κ2) is 4.00. The van der Waals surface area contributed by atoms with E-state index in [0.29, 0.717) is 12.0 Å². The zero-order valence-electron chi connectivity index (χ0n) is 7.82. The third-order valence-electron chi connectivity index (χ3n) is 1.95. The summed E-state index contributed by atoms with van der Waals surface area (Å²) in [4.78, 5) is 10.6. The molecule has 0 radical (unpaired) electrons. The number of carbonyl (C=O) groups is 1. The summed E-state index contributed by atoms with van der Waals surface area (Å²) in [5.41, 5.74) is 0.369. The highest BCUT2D eigenvalue weighted by atomic mass is 16.4. The Morgan fingerprint density at radius 1 is 1.29 bits per heavy atom. The van der Waals surface area contributed by atoms with E-state index in [1.165, 1.54) is 6.07 Å². The van der Waals surface area contributed by atoms with Gasteiger partial charge in [-0.2, -0.15) is 0 Å². The third-order valence-corrected chi connectivity index (χ3v) is 1.95. The number of rotatable bonds is 3. The van der Waals surface area contributed by atoms with Crippen molar-refractivity contribution < 1.29 is 20.1 Å². The molecule has 0 fully saturated rings. The fourth-order valence-corrected chi connectivity index (χ4v) is 1.26. The molecule has 0 spiro atoms. The first-order valence-corrected chi connectivity index (χ1v) is 4.34. The van der Waals surface area contributed by atoms with Crippen LogP contribution in [0.1, 0.15) is 29.3 Å². The smallest absolute Gasteiger partial charge is 0.339 e. The molecule has 76 valence electrons. The quantitative estimate of drug-likeness (QED) is 0.688. The Morgan fingerprint density at radius 2 is 1.93 bits per heavy atom. The van der Waals surface area contributed by atoms with Gasteiger partial charge in [-0.25, -0.2) is 4.79 Å². The van der Waals surface area contributed by atoms with Crippen molar-refractivity contribution in [2.24, 2.45) is 0 Å². The Balaban J connectivity index is 3.20. The summed E-state index contributed by atoms with van der Waals surface area (Å²) in [5.74, 6) is -1.66. The summed E-state index contributed by atoms with van der Waals surface area (Å²) >= 11 is 0. The van der Waals surface area contributed by atoms with E-state index in [-0.39, 0.29) is 11.3 Å². The first-order chi connectivity index (χ1) is 6.56. The predicted octanol–water partition coefficient (Wildman–Crippen LogP) is 1.75. The van der Waals surface area contributed by atoms with Gasteiger partial charge in [-0.3, -0.25) is 0 Å². The summed E-state index contributed by atoms with van der Waals surface area (Å²) < 4.78 is 0. The van der Waals surface area contributed by atoms with Gasteiger partial charge in [0.1, 0.15) is 17.1 Å². The van der Waals surface area contributed by atoms with Crippen molar-refractivity contribution in [2.45, 2.75) is 19.8 Å². The average Bonchev–Trinajstić information content (AvgIpc) is 2.09. The van der Waals surface area contributed by atoms with Crippen LogP contribution in [0.15, 0.2) is 12.1 Å². The van der Waals surface area contributed by atoms with Crippen LogP contribution in [-0.2, 0) is 6.42 Å². The summed E-state index contributed by atoms with van der Waals surface area (Å²) in [5, 5.41) is 27.3. The van der Waals surface area contributed by atoms with Gasteiger partial charge in [0.05, 0.1) is 0 Å². The second-order valence-electron chi connectivity index (χ2n) is 3.05. The van der Waals surface area contributed by atoms with Gasteiger partial charge in [0, 0.05) is 6.07 Å². The van der Waals surface area contributed by atoms with Crippen LogP contribution < -0.4 is 0 Å². The lowest BCUT2D eigenvalue weighted by Crippen LogP contribution is -1.98. The third kappa shape index (κ3) is 1.96. The highest BCUT2D eigenvalue weighted by Crippen LogP contribution is 2.28. The highest BCUT2D eigenvalue weighted by Gasteiger charge is 2.13. The maximum Gasteiger partial charge on any atom is 0.339 e. The minimum Gasteiger partial charge on any atom is -0.508 e. The first-order valence-electron chi connectivity index (χ1n) is 4.34. The fraction of sp³-hybridized carbons (Fsp3) is 0.300. The van der Waals surface area contributed by atoms with Crippen LogP contribution in [0.3, 0.4) is 0 Å². The van der Waals surface area contributed by atoms with E-state index in [4.69, 9.17) is 5.11 Å². The minimum absolute atomic E-state index is 0.0608. The molecule has 0 saturated carbocycles. The Hall–Kier alpha value is -1.71. The molecule has 14 heavy (non-hydrogen) atoms. The number of carboxylic acids is 1. The molecule has 0 atom stereocenters. The van der Waals surface area contributed by atoms with Gasteiger partial charge in [0.2, 0.25) is 0 Å². The number of hydrogen-bond acceptors (Lipinski definition) is 3. The standard InChI is InChI=1S/C10H12O4/c1-2-3-6-4-7(10(13)14)9(12)5-8(6)11/h4-5,11-12H,2-3H2,1H3,(H,13,14). The normalized spacial score (nSPS) is 10.1. The number of phenols is 2. The molecule has 0 heterocycles. The number of carboxylic acid groups (broad SMARTS) is 1. The maximum atomic E-state index is 10.6. The molecule has 1 aromatic rings. The number of hydrogen-bond donors (Lipinski definition) is 3. The lowest BCUT2D eigenvalue weighted by molar-refractivity contribution is 0.0693. The highest BCUT2D eigenvalue weighted by molar-refractivity contribution is 5.91. The van der Waals surface area contributed by atoms with Gasteiger partial charge in [0.25, 0.3) is 0 Å². The molecule has 0 aliphatic heterocycles. The molecule has 0 amide bonds. The number of aromatic hydroxyl groups is 2. The summed E-state index contributed by atoms with van der Waals surface area (Å²) in [6.45, 7) is 1.92. The summed E-state index contributed by atoms with van der Waals surface area (Å²) in [6, 6.07) is 2.37. The SMILES string of the molecule is CCCc1cc(C(=O)O)c(O)cc1O. The van der Waals surface area contributed by atoms with Crippen LogP contribution in [0.25, 0.3) is 0 Å². The molecule has 1 rings (SSSR count). The van der Waals surface area contributed by atoms with Crippen LogP contribution in [0.2, 0.25) is 0 Å². The Labute approximate surface area is 81.4 Å². The van der Waals surface area contributed by atoms with Gasteiger partial charge in [-0.05, 0) is 18.1 Å². The Kier molecular flexibility index (Phi) is 2.96. The number of benzene rings is 1. The summed E-state index contributed by atoms with van der Waals surface area (Å²) in [7, 11) is 0. The van der Waals surface area contributed by atoms with Crippen molar-refractivity contribution in [3.05, 3.63) is 23.3 Å². The van der Waals surface area contributed by atoms with Gasteiger partial charge in [-0.1, -0.05) is 13.3 Å². The number of aromatic carboxylic acids is 1. The molecule has 0 unspecified atom stereocenters. The molecule has 4 nitrogen and oxygen atoms in total. The summed E-state index contributed by atoms with van der Waals surface area (Å²) in [6.07, 6.45) is 1.39. The largest absolute Gasteiger partial charge is 0.508 e. The molecule has 0 aliphatic rings. The molecule has 0 saturated heterocycles. The van der Waals surface area contributed by atoms with Crippen LogP contribution in [0.5, 0.6) is 11.5 Å². The van der Waals surface area contributed by atoms with Crippen molar-refractivity contribution in [1.29, 1.82) is 0 Å². The minimum atomic E-state index is -1.19. The van der Waals surface area contributed by atoms with Gasteiger partial charge in [-0.15, -0.1) is 0 Å². The number of aryl methyl sites for hydroxylation is 1. The zero-order valence-corrected chi connectivity index (χ0v) is 7.82. The van der Waals surface area contributed by atoms with E-state index in [1.807, 2.05) is 6.92 Å². The molecule has 0 bridgehead atoms. The van der Waals surface area contributed by atoms with Crippen molar-refractivity contribution >= 4 is 5.97 Å². The van der Waals surface area contributed by atoms with E-state index in [0.717, 1.165) is 12.5 Å². The Morgan fingerprint density at radius 3 is 2.43 bits per heavy atom. The maximum absolute atomic E-state index is 10.6. The van der Waals surface area contributed by atoms with E-state index >= 15 is 0 Å². The zero-order chi connectivity index (χ0) is 10.7. The Bertz CT molecular complexity index is 357. The molecule has 0 aromatic heterocycles. The lowest BCUT2D eigenvalue weighted by atomic mass is 10.0. The van der Waals surface area contributed by atoms with Crippen LogP contribution in [0.4, 0.5) is 0 Å². The second-order valence-corrected chi connectivity index (χ2v) is 3.05. The molecular formula is C10H12O4. The topological polar surface area (TPSA) is 77.8 Å². The fourth-order valence-electron chi connectivity index (χ4n) is 1.26. The van der Waals surface area contributed by atoms with E-state index < -0.39 is 11.7 Å².